The smallest absolute Gasteiger partial charge is 0.0991 e. The van der Waals surface area contributed by atoms with Gasteiger partial charge < -0.3 is 15.2 Å². The fourth-order valence-electron chi connectivity index (χ4n) is 1.83. The zero-order valence-electron chi connectivity index (χ0n) is 11.8. The van der Waals surface area contributed by atoms with Gasteiger partial charge in [0.2, 0.25) is 0 Å². The summed E-state index contributed by atoms with van der Waals surface area (Å²) in [4.78, 5) is 0. The van der Waals surface area contributed by atoms with Crippen molar-refractivity contribution < 1.29 is 9.84 Å². The first kappa shape index (κ1) is 15.6. The molecule has 1 aromatic rings. The molecule has 0 bridgehead atoms. The average Bonchev–Trinajstić information content (AvgIpc) is 2.42. The molecule has 104 valence electrons. The molecule has 1 aromatic carbocycles. The zero-order chi connectivity index (χ0) is 14.3. The minimum absolute atomic E-state index is 0.220. The fourth-order valence-corrected chi connectivity index (χ4v) is 1.83. The number of methoxy groups -OCH3 is 1. The van der Waals surface area contributed by atoms with Crippen LogP contribution >= 0.6 is 0 Å². The molecular formula is C15H22N2O2. The molecule has 2 N–H and O–H groups in total. The Balaban J connectivity index is 2.53. The summed E-state index contributed by atoms with van der Waals surface area (Å²) in [6, 6.07) is 9.28. The Bertz CT molecular complexity index is 409. The maximum absolute atomic E-state index is 10.1. The number of nitriles is 1. The maximum atomic E-state index is 10.1. The number of aliphatic hydroxyl groups is 1. The van der Waals surface area contributed by atoms with Gasteiger partial charge in [-0.2, -0.15) is 5.26 Å². The Hall–Kier alpha value is -1.41. The molecule has 2 atom stereocenters. The van der Waals surface area contributed by atoms with Crippen LogP contribution in [0.1, 0.15) is 31.1 Å². The minimum Gasteiger partial charge on any atom is -0.387 e. The molecular weight excluding hydrogens is 240 g/mol. The lowest BCUT2D eigenvalue weighted by Gasteiger charge is -2.23. The molecule has 0 aromatic heterocycles. The summed E-state index contributed by atoms with van der Waals surface area (Å²) in [5.41, 5.74) is 1.41. The van der Waals surface area contributed by atoms with Gasteiger partial charge in [-0.05, 0) is 23.6 Å². The third-order valence-electron chi connectivity index (χ3n) is 3.15. The van der Waals surface area contributed by atoms with E-state index in [1.165, 1.54) is 0 Å². The van der Waals surface area contributed by atoms with Gasteiger partial charge in [-0.25, -0.2) is 0 Å². The predicted molar refractivity (Wildman–Crippen MR) is 74.6 cm³/mol. The number of nitrogens with zero attached hydrogens (tertiary/aromatic N) is 1. The van der Waals surface area contributed by atoms with E-state index in [1.54, 1.807) is 31.4 Å². The molecule has 0 fully saturated rings. The van der Waals surface area contributed by atoms with Crippen molar-refractivity contribution in [2.45, 2.75) is 26.0 Å². The number of nitrogens with one attached hydrogen (secondary N) is 1. The summed E-state index contributed by atoms with van der Waals surface area (Å²) < 4.78 is 5.15. The number of hydrogen-bond acceptors (Lipinski definition) is 4. The van der Waals surface area contributed by atoms with Crippen LogP contribution in [0.15, 0.2) is 24.3 Å². The molecule has 0 amide bonds. The minimum atomic E-state index is -0.578. The Morgan fingerprint density at radius 3 is 2.42 bits per heavy atom. The van der Waals surface area contributed by atoms with E-state index >= 15 is 0 Å². The van der Waals surface area contributed by atoms with E-state index in [2.05, 4.69) is 25.2 Å². The predicted octanol–water partition coefficient (Wildman–Crippen LogP) is 1.85. The summed E-state index contributed by atoms with van der Waals surface area (Å²) >= 11 is 0. The number of ether oxygens (including phenoxy) is 1. The number of benzene rings is 1. The van der Waals surface area contributed by atoms with Gasteiger partial charge in [0, 0.05) is 19.7 Å². The van der Waals surface area contributed by atoms with Gasteiger partial charge >= 0.3 is 0 Å². The summed E-state index contributed by atoms with van der Waals surface area (Å²) in [6.45, 7) is 5.32. The highest BCUT2D eigenvalue weighted by Gasteiger charge is 2.15. The molecule has 4 nitrogen and oxygen atoms in total. The largest absolute Gasteiger partial charge is 0.387 e. The van der Waals surface area contributed by atoms with E-state index < -0.39 is 6.10 Å². The summed E-state index contributed by atoms with van der Waals surface area (Å²) in [7, 11) is 1.67. The monoisotopic (exact) mass is 262 g/mol. The van der Waals surface area contributed by atoms with Crippen LogP contribution in [0.2, 0.25) is 0 Å². The van der Waals surface area contributed by atoms with Gasteiger partial charge in [0.15, 0.2) is 0 Å². The molecule has 0 saturated heterocycles. The van der Waals surface area contributed by atoms with Crippen LogP contribution in [0.25, 0.3) is 0 Å². The number of rotatable bonds is 7. The van der Waals surface area contributed by atoms with Crippen molar-refractivity contribution >= 4 is 0 Å². The first-order valence-corrected chi connectivity index (χ1v) is 6.49. The summed E-state index contributed by atoms with van der Waals surface area (Å²) in [5.74, 6) is 0.438. The second-order valence-electron chi connectivity index (χ2n) is 4.96. The molecule has 1 rings (SSSR count). The first-order valence-electron chi connectivity index (χ1n) is 6.49. The van der Waals surface area contributed by atoms with Gasteiger partial charge in [-0.3, -0.25) is 0 Å². The molecule has 0 heterocycles. The standard InChI is InChI=1S/C15H22N2O2/c1-11(2)14(10-19-3)17-9-15(18)13-6-4-12(8-16)5-7-13/h4-7,11,14-15,17-18H,9-10H2,1-3H3. The van der Waals surface area contributed by atoms with Crippen LogP contribution in [-0.4, -0.2) is 31.4 Å². The Labute approximate surface area is 115 Å². The third-order valence-corrected chi connectivity index (χ3v) is 3.15. The molecule has 0 spiro atoms. The zero-order valence-corrected chi connectivity index (χ0v) is 11.8. The van der Waals surface area contributed by atoms with E-state index in [4.69, 9.17) is 10.00 Å². The highest BCUT2D eigenvalue weighted by atomic mass is 16.5. The third kappa shape index (κ3) is 4.99. The van der Waals surface area contributed by atoms with Crippen molar-refractivity contribution in [1.82, 2.24) is 5.32 Å². The van der Waals surface area contributed by atoms with Crippen molar-refractivity contribution in [3.8, 4) is 6.07 Å². The molecule has 0 radical (unpaired) electrons. The summed E-state index contributed by atoms with van der Waals surface area (Å²) in [6.07, 6.45) is -0.578. The normalized spacial score (nSPS) is 14.1. The Kier molecular flexibility index (Phi) is 6.51. The van der Waals surface area contributed by atoms with E-state index in [0.717, 1.165) is 5.56 Å². The van der Waals surface area contributed by atoms with Gasteiger partial charge in [0.1, 0.15) is 0 Å². The number of aliphatic hydroxyl groups excluding tert-OH is 1. The summed E-state index contributed by atoms with van der Waals surface area (Å²) in [5, 5.41) is 22.1. The highest BCUT2D eigenvalue weighted by Crippen LogP contribution is 2.13. The van der Waals surface area contributed by atoms with Crippen molar-refractivity contribution in [3.05, 3.63) is 35.4 Å². The quantitative estimate of drug-likeness (QED) is 0.787. The lowest BCUT2D eigenvalue weighted by atomic mass is 10.0. The van der Waals surface area contributed by atoms with Crippen LogP contribution in [0.5, 0.6) is 0 Å². The lowest BCUT2D eigenvalue weighted by Crippen LogP contribution is -2.39. The van der Waals surface area contributed by atoms with Crippen LogP contribution in [-0.2, 0) is 4.74 Å². The van der Waals surface area contributed by atoms with Crippen LogP contribution in [0.4, 0.5) is 0 Å². The van der Waals surface area contributed by atoms with Crippen molar-refractivity contribution in [3.63, 3.8) is 0 Å². The van der Waals surface area contributed by atoms with Crippen LogP contribution < -0.4 is 5.32 Å². The lowest BCUT2D eigenvalue weighted by molar-refractivity contribution is 0.124. The first-order chi connectivity index (χ1) is 9.08. The van der Waals surface area contributed by atoms with E-state index in [9.17, 15) is 5.11 Å². The molecule has 0 aliphatic rings. The molecule has 0 aliphatic heterocycles. The second-order valence-corrected chi connectivity index (χ2v) is 4.96. The average molecular weight is 262 g/mol. The Morgan fingerprint density at radius 2 is 1.95 bits per heavy atom. The van der Waals surface area contributed by atoms with E-state index in [1.807, 2.05) is 0 Å². The van der Waals surface area contributed by atoms with Gasteiger partial charge in [0.05, 0.1) is 24.3 Å². The van der Waals surface area contributed by atoms with E-state index in [0.29, 0.717) is 24.6 Å². The van der Waals surface area contributed by atoms with Crippen molar-refractivity contribution in [1.29, 1.82) is 5.26 Å². The van der Waals surface area contributed by atoms with Crippen molar-refractivity contribution in [2.24, 2.45) is 5.92 Å². The van der Waals surface area contributed by atoms with Gasteiger partial charge in [0.25, 0.3) is 0 Å². The molecule has 4 heteroatoms. The number of hydrogen-bond donors (Lipinski definition) is 2. The van der Waals surface area contributed by atoms with Gasteiger partial charge in [-0.15, -0.1) is 0 Å². The van der Waals surface area contributed by atoms with Gasteiger partial charge in [-0.1, -0.05) is 26.0 Å². The van der Waals surface area contributed by atoms with E-state index in [-0.39, 0.29) is 6.04 Å². The van der Waals surface area contributed by atoms with Crippen molar-refractivity contribution in [2.75, 3.05) is 20.3 Å². The molecule has 19 heavy (non-hydrogen) atoms. The topological polar surface area (TPSA) is 65.3 Å². The van der Waals surface area contributed by atoms with Crippen LogP contribution in [0, 0.1) is 17.2 Å². The molecule has 0 aliphatic carbocycles. The maximum Gasteiger partial charge on any atom is 0.0991 e. The Morgan fingerprint density at radius 1 is 1.32 bits per heavy atom. The fraction of sp³-hybridized carbons (Fsp3) is 0.533. The molecule has 2 unspecified atom stereocenters. The van der Waals surface area contributed by atoms with Crippen LogP contribution in [0.3, 0.4) is 0 Å². The highest BCUT2D eigenvalue weighted by molar-refractivity contribution is 5.32. The second kappa shape index (κ2) is 7.90. The SMILES string of the molecule is COCC(NCC(O)c1ccc(C#N)cc1)C(C)C. The molecule has 0 saturated carbocycles.